The standard InChI is InChI=1S/C29H32N6O3/c1-17(2)27(37)34-21-12-10-19(11-13-21)24-22(23-25(30)32-16-33-26(23)35(24)5)18-6-8-20(9-7-18)28(38)31-14-29(3,4)15-36/h6-13,16,36H,1,14-15H2,2-5H3,(H,31,38)(H,34,37)(H2,30,32,33). The van der Waals surface area contributed by atoms with Gasteiger partial charge in [-0.15, -0.1) is 0 Å². The molecule has 5 N–H and O–H groups in total. The van der Waals surface area contributed by atoms with Crippen molar-refractivity contribution in [3.05, 3.63) is 72.6 Å². The van der Waals surface area contributed by atoms with Crippen LogP contribution in [0, 0.1) is 5.41 Å². The van der Waals surface area contributed by atoms with Gasteiger partial charge >= 0.3 is 0 Å². The van der Waals surface area contributed by atoms with Crippen molar-refractivity contribution in [2.45, 2.75) is 20.8 Å². The van der Waals surface area contributed by atoms with Crippen LogP contribution >= 0.6 is 0 Å². The van der Waals surface area contributed by atoms with E-state index in [1.807, 2.05) is 61.9 Å². The molecule has 4 aromatic rings. The smallest absolute Gasteiger partial charge is 0.251 e. The molecule has 9 heteroatoms. The number of aliphatic hydroxyl groups excluding tert-OH is 1. The molecule has 0 saturated heterocycles. The van der Waals surface area contributed by atoms with Gasteiger partial charge in [0.05, 0.1) is 11.1 Å². The first-order chi connectivity index (χ1) is 18.0. The van der Waals surface area contributed by atoms with Gasteiger partial charge in [-0.2, -0.15) is 0 Å². The van der Waals surface area contributed by atoms with Gasteiger partial charge in [-0.3, -0.25) is 9.59 Å². The summed E-state index contributed by atoms with van der Waals surface area (Å²) in [4.78, 5) is 33.4. The van der Waals surface area contributed by atoms with Gasteiger partial charge in [0, 0.05) is 48.0 Å². The van der Waals surface area contributed by atoms with Crippen LogP contribution in [0.3, 0.4) is 0 Å². The Labute approximate surface area is 221 Å². The van der Waals surface area contributed by atoms with Crippen LogP contribution in [-0.4, -0.2) is 44.6 Å². The molecule has 2 aromatic carbocycles. The minimum atomic E-state index is -0.409. The van der Waals surface area contributed by atoms with E-state index in [0.29, 0.717) is 40.2 Å². The van der Waals surface area contributed by atoms with Crippen molar-refractivity contribution in [3.63, 3.8) is 0 Å². The molecular formula is C29H32N6O3. The van der Waals surface area contributed by atoms with Crippen LogP contribution in [0.25, 0.3) is 33.4 Å². The summed E-state index contributed by atoms with van der Waals surface area (Å²) in [5.74, 6) is -0.105. The lowest BCUT2D eigenvalue weighted by Gasteiger charge is -2.21. The third kappa shape index (κ3) is 5.28. The summed E-state index contributed by atoms with van der Waals surface area (Å²) in [5.41, 5.74) is 11.6. The van der Waals surface area contributed by atoms with Gasteiger partial charge in [0.1, 0.15) is 17.8 Å². The summed E-state index contributed by atoms with van der Waals surface area (Å²) in [6.45, 7) is 9.42. The number of aromatic nitrogens is 3. The number of benzene rings is 2. The monoisotopic (exact) mass is 512 g/mol. The summed E-state index contributed by atoms with van der Waals surface area (Å²) >= 11 is 0. The fourth-order valence-electron chi connectivity index (χ4n) is 4.11. The third-order valence-corrected chi connectivity index (χ3v) is 6.39. The van der Waals surface area contributed by atoms with Crippen LogP contribution in [0.2, 0.25) is 0 Å². The molecule has 196 valence electrons. The predicted molar refractivity (Wildman–Crippen MR) is 150 cm³/mol. The topological polar surface area (TPSA) is 135 Å². The highest BCUT2D eigenvalue weighted by Crippen LogP contribution is 2.41. The zero-order valence-corrected chi connectivity index (χ0v) is 22.0. The summed E-state index contributed by atoms with van der Waals surface area (Å²) in [7, 11) is 1.91. The van der Waals surface area contributed by atoms with E-state index < -0.39 is 5.41 Å². The van der Waals surface area contributed by atoms with E-state index in [-0.39, 0.29) is 18.4 Å². The van der Waals surface area contributed by atoms with Gasteiger partial charge in [-0.05, 0) is 42.3 Å². The second-order valence-corrected chi connectivity index (χ2v) is 10.1. The molecule has 0 fully saturated rings. The van der Waals surface area contributed by atoms with Crippen molar-refractivity contribution in [2.24, 2.45) is 12.5 Å². The van der Waals surface area contributed by atoms with Crippen LogP contribution in [0.1, 0.15) is 31.1 Å². The number of hydrogen-bond acceptors (Lipinski definition) is 6. The largest absolute Gasteiger partial charge is 0.396 e. The van der Waals surface area contributed by atoms with Crippen LogP contribution < -0.4 is 16.4 Å². The maximum atomic E-state index is 12.7. The fraction of sp³-hybridized carbons (Fsp3) is 0.241. The molecule has 4 rings (SSSR count). The molecule has 2 amide bonds. The lowest BCUT2D eigenvalue weighted by Crippen LogP contribution is -2.36. The minimum absolute atomic E-state index is 0.0270. The summed E-state index contributed by atoms with van der Waals surface area (Å²) in [5, 5.41) is 15.9. The molecule has 0 saturated carbocycles. The number of aliphatic hydroxyl groups is 1. The number of nitrogens with one attached hydrogen (secondary N) is 2. The van der Waals surface area contributed by atoms with Gasteiger partial charge in [0.2, 0.25) is 0 Å². The molecule has 0 aliphatic heterocycles. The normalized spacial score (nSPS) is 11.4. The molecule has 0 bridgehead atoms. The average molecular weight is 513 g/mol. The zero-order chi connectivity index (χ0) is 27.6. The van der Waals surface area contributed by atoms with Crippen molar-refractivity contribution < 1.29 is 14.7 Å². The Balaban J connectivity index is 1.75. The second kappa shape index (κ2) is 10.5. The SMILES string of the molecule is C=C(C)C(=O)Nc1ccc(-c2c(-c3ccc(C(=O)NCC(C)(C)CO)cc3)c3c(N)ncnc3n2C)cc1. The van der Waals surface area contributed by atoms with E-state index in [1.54, 1.807) is 19.1 Å². The maximum Gasteiger partial charge on any atom is 0.251 e. The molecule has 2 heterocycles. The van der Waals surface area contributed by atoms with E-state index in [4.69, 9.17) is 5.73 Å². The first-order valence-corrected chi connectivity index (χ1v) is 12.2. The van der Waals surface area contributed by atoms with Gasteiger partial charge in [-0.25, -0.2) is 9.97 Å². The van der Waals surface area contributed by atoms with Crippen molar-refractivity contribution in [1.29, 1.82) is 0 Å². The number of carbonyl (C=O) groups is 2. The Morgan fingerprint density at radius 3 is 2.29 bits per heavy atom. The van der Waals surface area contributed by atoms with Gasteiger partial charge < -0.3 is 26.0 Å². The molecule has 9 nitrogen and oxygen atoms in total. The highest BCUT2D eigenvalue weighted by atomic mass is 16.3. The van der Waals surface area contributed by atoms with E-state index in [0.717, 1.165) is 22.4 Å². The van der Waals surface area contributed by atoms with Gasteiger partial charge in [0.15, 0.2) is 0 Å². The highest BCUT2D eigenvalue weighted by Gasteiger charge is 2.23. The number of nitrogens with two attached hydrogens (primary N) is 1. The quantitative estimate of drug-likeness (QED) is 0.262. The Hall–Kier alpha value is -4.50. The molecule has 0 atom stereocenters. The van der Waals surface area contributed by atoms with E-state index in [9.17, 15) is 14.7 Å². The van der Waals surface area contributed by atoms with Gasteiger partial charge in [0.25, 0.3) is 11.8 Å². The Kier molecular flexibility index (Phi) is 7.32. The fourth-order valence-corrected chi connectivity index (χ4v) is 4.11. The molecule has 0 aliphatic rings. The Morgan fingerprint density at radius 2 is 1.68 bits per heavy atom. The highest BCUT2D eigenvalue weighted by molar-refractivity contribution is 6.08. The Bertz CT molecular complexity index is 1520. The number of anilines is 2. The Morgan fingerprint density at radius 1 is 1.05 bits per heavy atom. The van der Waals surface area contributed by atoms with E-state index in [1.165, 1.54) is 6.33 Å². The van der Waals surface area contributed by atoms with E-state index >= 15 is 0 Å². The second-order valence-electron chi connectivity index (χ2n) is 10.1. The van der Waals surface area contributed by atoms with Crippen LogP contribution in [0.15, 0.2) is 67.0 Å². The van der Waals surface area contributed by atoms with Crippen LogP contribution in [0.5, 0.6) is 0 Å². The molecule has 2 aromatic heterocycles. The number of rotatable bonds is 8. The molecule has 0 unspecified atom stereocenters. The van der Waals surface area contributed by atoms with Crippen LogP contribution in [-0.2, 0) is 11.8 Å². The summed E-state index contributed by atoms with van der Waals surface area (Å²) in [6.07, 6.45) is 1.43. The first kappa shape index (κ1) is 26.6. The lowest BCUT2D eigenvalue weighted by molar-refractivity contribution is -0.112. The van der Waals surface area contributed by atoms with Crippen molar-refractivity contribution in [2.75, 3.05) is 24.2 Å². The number of carbonyl (C=O) groups excluding carboxylic acids is 2. The average Bonchev–Trinajstić information content (AvgIpc) is 3.21. The molecule has 38 heavy (non-hydrogen) atoms. The maximum absolute atomic E-state index is 12.7. The minimum Gasteiger partial charge on any atom is -0.396 e. The zero-order valence-electron chi connectivity index (χ0n) is 22.0. The number of aryl methyl sites for hydroxylation is 1. The summed E-state index contributed by atoms with van der Waals surface area (Å²) < 4.78 is 1.96. The molecule has 0 spiro atoms. The molecular weight excluding hydrogens is 480 g/mol. The van der Waals surface area contributed by atoms with Crippen molar-refractivity contribution in [3.8, 4) is 22.4 Å². The predicted octanol–water partition coefficient (Wildman–Crippen LogP) is 4.15. The number of amides is 2. The third-order valence-electron chi connectivity index (χ3n) is 6.39. The molecule has 0 aliphatic carbocycles. The van der Waals surface area contributed by atoms with Crippen molar-refractivity contribution in [1.82, 2.24) is 19.9 Å². The van der Waals surface area contributed by atoms with E-state index in [2.05, 4.69) is 27.2 Å². The number of nitrogens with zero attached hydrogens (tertiary/aromatic N) is 3. The summed E-state index contributed by atoms with van der Waals surface area (Å²) in [6, 6.07) is 14.8. The van der Waals surface area contributed by atoms with Crippen LogP contribution in [0.4, 0.5) is 11.5 Å². The van der Waals surface area contributed by atoms with Gasteiger partial charge in [-0.1, -0.05) is 44.7 Å². The number of fused-ring (bicyclic) bond motifs is 1. The number of hydrogen-bond donors (Lipinski definition) is 4. The lowest BCUT2D eigenvalue weighted by atomic mass is 9.94. The van der Waals surface area contributed by atoms with Crippen molar-refractivity contribution >= 4 is 34.4 Å². The number of nitrogen functional groups attached to an aromatic ring is 1. The molecule has 0 radical (unpaired) electrons. The first-order valence-electron chi connectivity index (χ1n) is 12.2.